The van der Waals surface area contributed by atoms with Gasteiger partial charge in [-0.3, -0.25) is 9.55 Å². The molecule has 0 bridgehead atoms. The summed E-state index contributed by atoms with van der Waals surface area (Å²) in [6.07, 6.45) is 2.42. The van der Waals surface area contributed by atoms with E-state index in [1.807, 2.05) is 6.92 Å². The van der Waals surface area contributed by atoms with Gasteiger partial charge < -0.3 is 10.9 Å². The van der Waals surface area contributed by atoms with Crippen molar-refractivity contribution >= 4 is 17.6 Å². The van der Waals surface area contributed by atoms with Gasteiger partial charge in [0.05, 0.1) is 0 Å². The summed E-state index contributed by atoms with van der Waals surface area (Å²) in [5.74, 6) is -0.0517. The zero-order chi connectivity index (χ0) is 14.5. The van der Waals surface area contributed by atoms with E-state index in [2.05, 4.69) is 20.3 Å². The number of oxime groups is 1. The van der Waals surface area contributed by atoms with Gasteiger partial charge in [-0.05, 0) is 30.3 Å². The molecule has 0 aliphatic heterocycles. The minimum absolute atomic E-state index is 0.0517. The van der Waals surface area contributed by atoms with Gasteiger partial charge in [-0.1, -0.05) is 12.1 Å². The number of amidine groups is 1. The van der Waals surface area contributed by atoms with Crippen LogP contribution in [0.5, 0.6) is 0 Å². The van der Waals surface area contributed by atoms with Crippen molar-refractivity contribution < 1.29 is 5.21 Å². The first-order valence-corrected chi connectivity index (χ1v) is 6.74. The van der Waals surface area contributed by atoms with Crippen LogP contribution in [0.3, 0.4) is 0 Å². The van der Waals surface area contributed by atoms with E-state index in [4.69, 9.17) is 10.9 Å². The van der Waals surface area contributed by atoms with Crippen LogP contribution in [0.2, 0.25) is 0 Å². The smallest absolute Gasteiger partial charge is 0.343 e. The van der Waals surface area contributed by atoms with Crippen molar-refractivity contribution in [1.29, 1.82) is 0 Å². The number of nitrogens with zero attached hydrogens (tertiary/aromatic N) is 4. The summed E-state index contributed by atoms with van der Waals surface area (Å²) in [6.45, 7) is 2.59. The molecule has 20 heavy (non-hydrogen) atoms. The normalized spacial score (nSPS) is 11.8. The Kier molecular flexibility index (Phi) is 4.41. The number of aromatic nitrogens is 4. The van der Waals surface area contributed by atoms with Crippen LogP contribution in [0, 0.1) is 0 Å². The molecule has 0 aromatic carbocycles. The molecule has 2 aromatic heterocycles. The van der Waals surface area contributed by atoms with Crippen molar-refractivity contribution in [2.24, 2.45) is 10.9 Å². The molecule has 0 saturated carbocycles. The SMILES string of the molecule is CCCn1c(Sc2ccc(/C(N)=N/O)nc2)n[nH]c1=O. The van der Waals surface area contributed by atoms with E-state index in [1.165, 1.54) is 11.8 Å². The van der Waals surface area contributed by atoms with Crippen LogP contribution in [0.25, 0.3) is 0 Å². The van der Waals surface area contributed by atoms with Gasteiger partial charge in [0.15, 0.2) is 11.0 Å². The predicted molar refractivity (Wildman–Crippen MR) is 74.0 cm³/mol. The summed E-state index contributed by atoms with van der Waals surface area (Å²) in [5.41, 5.74) is 5.58. The van der Waals surface area contributed by atoms with Crippen molar-refractivity contribution in [3.05, 3.63) is 34.5 Å². The summed E-state index contributed by atoms with van der Waals surface area (Å²) in [4.78, 5) is 16.4. The van der Waals surface area contributed by atoms with Gasteiger partial charge in [0, 0.05) is 17.6 Å². The lowest BCUT2D eigenvalue weighted by molar-refractivity contribution is 0.318. The second-order valence-electron chi connectivity index (χ2n) is 3.93. The summed E-state index contributed by atoms with van der Waals surface area (Å²) in [7, 11) is 0. The van der Waals surface area contributed by atoms with Crippen LogP contribution in [0.15, 0.2) is 38.3 Å². The minimum atomic E-state index is -0.226. The van der Waals surface area contributed by atoms with Gasteiger partial charge in [0.1, 0.15) is 5.69 Å². The number of pyridine rings is 1. The van der Waals surface area contributed by atoms with Crippen LogP contribution in [0.1, 0.15) is 19.0 Å². The Morgan fingerprint density at radius 1 is 1.60 bits per heavy atom. The fourth-order valence-electron chi connectivity index (χ4n) is 1.55. The Hall–Kier alpha value is -2.29. The molecular weight excluding hydrogens is 280 g/mol. The standard InChI is InChI=1S/C11H14N6O2S/c1-2-5-17-10(18)14-15-11(17)20-7-3-4-8(13-6-7)9(12)16-19/h3-4,6,19H,2,5H2,1H3,(H2,12,16)(H,14,18). The molecule has 2 rings (SSSR count). The first-order chi connectivity index (χ1) is 9.65. The number of aromatic amines is 1. The topological polar surface area (TPSA) is 122 Å². The van der Waals surface area contributed by atoms with Crippen molar-refractivity contribution in [2.75, 3.05) is 0 Å². The Labute approximate surface area is 118 Å². The molecule has 0 amide bonds. The highest BCUT2D eigenvalue weighted by molar-refractivity contribution is 7.99. The lowest BCUT2D eigenvalue weighted by Crippen LogP contribution is -2.17. The van der Waals surface area contributed by atoms with Crippen LogP contribution in [-0.2, 0) is 6.54 Å². The van der Waals surface area contributed by atoms with Crippen molar-refractivity contribution in [2.45, 2.75) is 29.9 Å². The first kappa shape index (κ1) is 14.1. The molecule has 2 aromatic rings. The summed E-state index contributed by atoms with van der Waals surface area (Å²) >= 11 is 1.32. The highest BCUT2D eigenvalue weighted by Crippen LogP contribution is 2.24. The fourth-order valence-corrected chi connectivity index (χ4v) is 2.38. The monoisotopic (exact) mass is 294 g/mol. The van der Waals surface area contributed by atoms with E-state index in [-0.39, 0.29) is 11.5 Å². The van der Waals surface area contributed by atoms with E-state index >= 15 is 0 Å². The van der Waals surface area contributed by atoms with Crippen molar-refractivity contribution in [3.63, 3.8) is 0 Å². The molecule has 106 valence electrons. The number of rotatable bonds is 5. The van der Waals surface area contributed by atoms with Gasteiger partial charge in [0.2, 0.25) is 0 Å². The van der Waals surface area contributed by atoms with Crippen LogP contribution in [0.4, 0.5) is 0 Å². The second-order valence-corrected chi connectivity index (χ2v) is 4.97. The predicted octanol–water partition coefficient (Wildman–Crippen LogP) is 0.622. The van der Waals surface area contributed by atoms with E-state index < -0.39 is 0 Å². The van der Waals surface area contributed by atoms with E-state index in [0.717, 1.165) is 11.3 Å². The Morgan fingerprint density at radius 3 is 3.00 bits per heavy atom. The number of hydrogen-bond acceptors (Lipinski definition) is 6. The van der Waals surface area contributed by atoms with Gasteiger partial charge in [-0.15, -0.1) is 5.10 Å². The van der Waals surface area contributed by atoms with Gasteiger partial charge in [-0.2, -0.15) is 0 Å². The largest absolute Gasteiger partial charge is 0.409 e. The van der Waals surface area contributed by atoms with Gasteiger partial charge in [-0.25, -0.2) is 9.89 Å². The molecule has 0 spiro atoms. The maximum absolute atomic E-state index is 11.6. The Morgan fingerprint density at radius 2 is 2.40 bits per heavy atom. The molecule has 0 unspecified atom stereocenters. The quantitative estimate of drug-likeness (QED) is 0.321. The highest BCUT2D eigenvalue weighted by atomic mass is 32.2. The lowest BCUT2D eigenvalue weighted by atomic mass is 10.3. The minimum Gasteiger partial charge on any atom is -0.409 e. The molecule has 0 aliphatic carbocycles. The first-order valence-electron chi connectivity index (χ1n) is 5.92. The maximum atomic E-state index is 11.6. The Bertz CT molecular complexity index is 660. The van der Waals surface area contributed by atoms with Gasteiger partial charge >= 0.3 is 5.69 Å². The number of H-pyrrole nitrogens is 1. The summed E-state index contributed by atoms with van der Waals surface area (Å²) < 4.78 is 1.57. The average Bonchev–Trinajstić information content (AvgIpc) is 2.81. The molecule has 9 heteroatoms. The third-order valence-electron chi connectivity index (χ3n) is 2.49. The molecule has 0 fully saturated rings. The van der Waals surface area contributed by atoms with E-state index in [0.29, 0.717) is 17.4 Å². The molecule has 0 atom stereocenters. The lowest BCUT2D eigenvalue weighted by Gasteiger charge is -2.04. The molecule has 0 radical (unpaired) electrons. The third kappa shape index (κ3) is 2.99. The number of hydrogen-bond donors (Lipinski definition) is 3. The van der Waals surface area contributed by atoms with E-state index in [9.17, 15) is 4.79 Å². The van der Waals surface area contributed by atoms with Gasteiger partial charge in [0.25, 0.3) is 0 Å². The Balaban J connectivity index is 2.20. The fraction of sp³-hybridized carbons (Fsp3) is 0.273. The number of nitrogens with two attached hydrogens (primary N) is 1. The molecule has 0 saturated heterocycles. The molecule has 2 heterocycles. The highest BCUT2D eigenvalue weighted by Gasteiger charge is 2.10. The summed E-state index contributed by atoms with van der Waals surface area (Å²) in [6, 6.07) is 3.40. The summed E-state index contributed by atoms with van der Waals surface area (Å²) in [5, 5.41) is 18.4. The van der Waals surface area contributed by atoms with Crippen LogP contribution in [-0.4, -0.2) is 30.8 Å². The molecule has 4 N–H and O–H groups in total. The maximum Gasteiger partial charge on any atom is 0.343 e. The van der Waals surface area contributed by atoms with E-state index in [1.54, 1.807) is 22.9 Å². The number of nitrogens with one attached hydrogen (secondary N) is 1. The average molecular weight is 294 g/mol. The van der Waals surface area contributed by atoms with Crippen LogP contribution < -0.4 is 11.4 Å². The van der Waals surface area contributed by atoms with Crippen molar-refractivity contribution in [3.8, 4) is 0 Å². The second kappa shape index (κ2) is 6.24. The molecule has 0 aliphatic rings. The zero-order valence-corrected chi connectivity index (χ0v) is 11.6. The molecule has 8 nitrogen and oxygen atoms in total. The molecular formula is C11H14N6O2S. The third-order valence-corrected chi connectivity index (χ3v) is 3.46. The van der Waals surface area contributed by atoms with Crippen LogP contribution >= 0.6 is 11.8 Å². The zero-order valence-electron chi connectivity index (χ0n) is 10.8. The van der Waals surface area contributed by atoms with Crippen molar-refractivity contribution in [1.82, 2.24) is 19.7 Å².